The highest BCUT2D eigenvalue weighted by molar-refractivity contribution is 6.31. The van der Waals surface area contributed by atoms with Crippen LogP contribution in [0.1, 0.15) is 15.9 Å². The second kappa shape index (κ2) is 5.10. The van der Waals surface area contributed by atoms with Crippen molar-refractivity contribution in [1.29, 1.82) is 0 Å². The van der Waals surface area contributed by atoms with Crippen LogP contribution in [0.2, 0.25) is 5.02 Å². The number of rotatable bonds is 3. The average Bonchev–Trinajstić information content (AvgIpc) is 2.76. The lowest BCUT2D eigenvalue weighted by Gasteiger charge is -2.05. The van der Waals surface area contributed by atoms with Gasteiger partial charge in [-0.25, -0.2) is 9.59 Å². The molecular formula is C15H10ClNO4. The van der Waals surface area contributed by atoms with E-state index in [1.165, 1.54) is 22.8 Å². The molecule has 0 aliphatic carbocycles. The summed E-state index contributed by atoms with van der Waals surface area (Å²) >= 11 is 6.09. The van der Waals surface area contributed by atoms with Gasteiger partial charge in [0.2, 0.25) is 0 Å². The van der Waals surface area contributed by atoms with E-state index in [0.29, 0.717) is 16.1 Å². The molecule has 1 aromatic heterocycles. The number of hydrogen-bond acceptors (Lipinski definition) is 3. The molecule has 0 amide bonds. The minimum atomic E-state index is -1.06. The molecule has 106 valence electrons. The third-order valence-electron chi connectivity index (χ3n) is 3.20. The van der Waals surface area contributed by atoms with E-state index in [1.54, 1.807) is 18.2 Å². The Morgan fingerprint density at radius 3 is 2.71 bits per heavy atom. The highest BCUT2D eigenvalue weighted by Gasteiger charge is 2.13. The van der Waals surface area contributed by atoms with E-state index in [9.17, 15) is 9.59 Å². The zero-order valence-electron chi connectivity index (χ0n) is 10.7. The first-order valence-corrected chi connectivity index (χ1v) is 6.54. The topological polar surface area (TPSA) is 72.4 Å². The third kappa shape index (κ3) is 2.43. The van der Waals surface area contributed by atoms with Crippen LogP contribution in [-0.4, -0.2) is 15.6 Å². The van der Waals surface area contributed by atoms with E-state index < -0.39 is 11.7 Å². The molecule has 0 atom stereocenters. The van der Waals surface area contributed by atoms with Crippen molar-refractivity contribution >= 4 is 28.7 Å². The molecule has 0 radical (unpaired) electrons. The summed E-state index contributed by atoms with van der Waals surface area (Å²) in [5.74, 6) is -1.61. The second-order valence-electron chi connectivity index (χ2n) is 4.53. The molecule has 0 aliphatic heterocycles. The van der Waals surface area contributed by atoms with Crippen molar-refractivity contribution in [3.8, 4) is 0 Å². The highest BCUT2D eigenvalue weighted by Crippen LogP contribution is 2.20. The van der Waals surface area contributed by atoms with Gasteiger partial charge in [-0.2, -0.15) is 0 Å². The Bertz CT molecular complexity index is 894. The van der Waals surface area contributed by atoms with Crippen LogP contribution < -0.4 is 5.76 Å². The van der Waals surface area contributed by atoms with Gasteiger partial charge in [0, 0.05) is 5.02 Å². The van der Waals surface area contributed by atoms with Gasteiger partial charge in [0.05, 0.1) is 17.6 Å². The van der Waals surface area contributed by atoms with Gasteiger partial charge >= 0.3 is 11.7 Å². The summed E-state index contributed by atoms with van der Waals surface area (Å²) in [5, 5.41) is 9.57. The number of carboxylic acids is 1. The number of benzene rings is 2. The number of carbonyl (C=O) groups is 1. The Morgan fingerprint density at radius 2 is 2.00 bits per heavy atom. The van der Waals surface area contributed by atoms with Crippen molar-refractivity contribution in [1.82, 2.24) is 4.57 Å². The van der Waals surface area contributed by atoms with Crippen molar-refractivity contribution in [2.45, 2.75) is 6.54 Å². The Balaban J connectivity index is 2.15. The summed E-state index contributed by atoms with van der Waals surface area (Å²) in [6, 6.07) is 11.4. The van der Waals surface area contributed by atoms with E-state index in [4.69, 9.17) is 21.1 Å². The molecule has 0 saturated carbocycles. The molecule has 21 heavy (non-hydrogen) atoms. The summed E-state index contributed by atoms with van der Waals surface area (Å²) in [6.07, 6.45) is 0. The summed E-state index contributed by atoms with van der Waals surface area (Å²) in [7, 11) is 0. The SMILES string of the molecule is O=C(O)c1ccc2oc(=O)n(Cc3ccccc3Cl)c2c1. The van der Waals surface area contributed by atoms with Gasteiger partial charge < -0.3 is 9.52 Å². The van der Waals surface area contributed by atoms with Crippen LogP contribution in [0.25, 0.3) is 11.1 Å². The maximum Gasteiger partial charge on any atom is 0.420 e. The van der Waals surface area contributed by atoms with Gasteiger partial charge in [-0.15, -0.1) is 0 Å². The van der Waals surface area contributed by atoms with Gasteiger partial charge in [0.15, 0.2) is 5.58 Å². The first-order valence-electron chi connectivity index (χ1n) is 6.16. The van der Waals surface area contributed by atoms with Gasteiger partial charge in [-0.1, -0.05) is 29.8 Å². The number of halogens is 1. The molecule has 0 unspecified atom stereocenters. The number of aromatic carboxylic acids is 1. The van der Waals surface area contributed by atoms with Gasteiger partial charge in [0.1, 0.15) is 0 Å². The lowest BCUT2D eigenvalue weighted by atomic mass is 10.2. The zero-order valence-corrected chi connectivity index (χ0v) is 11.5. The summed E-state index contributed by atoms with van der Waals surface area (Å²) < 4.78 is 6.48. The number of oxazole rings is 1. The van der Waals surface area contributed by atoms with Crippen molar-refractivity contribution in [3.63, 3.8) is 0 Å². The number of fused-ring (bicyclic) bond motifs is 1. The third-order valence-corrected chi connectivity index (χ3v) is 3.57. The summed E-state index contributed by atoms with van der Waals surface area (Å²) in [6.45, 7) is 0.217. The highest BCUT2D eigenvalue weighted by atomic mass is 35.5. The maximum absolute atomic E-state index is 11.9. The van der Waals surface area contributed by atoms with Gasteiger partial charge in [-0.3, -0.25) is 4.57 Å². The first-order chi connectivity index (χ1) is 10.1. The van der Waals surface area contributed by atoms with Crippen molar-refractivity contribution in [2.75, 3.05) is 0 Å². The number of carboxylic acid groups (broad SMARTS) is 1. The van der Waals surface area contributed by atoms with Crippen LogP contribution in [-0.2, 0) is 6.54 Å². The molecule has 0 bridgehead atoms. The summed E-state index contributed by atoms with van der Waals surface area (Å²) in [4.78, 5) is 23.0. The number of nitrogens with zero attached hydrogens (tertiary/aromatic N) is 1. The number of aromatic nitrogens is 1. The van der Waals surface area contributed by atoms with Crippen molar-refractivity contribution < 1.29 is 14.3 Å². The molecule has 0 aliphatic rings. The molecule has 6 heteroatoms. The Morgan fingerprint density at radius 1 is 1.24 bits per heavy atom. The molecule has 1 N–H and O–H groups in total. The second-order valence-corrected chi connectivity index (χ2v) is 4.94. The molecule has 0 saturated heterocycles. The molecular weight excluding hydrogens is 294 g/mol. The fraction of sp³-hybridized carbons (Fsp3) is 0.0667. The fourth-order valence-electron chi connectivity index (χ4n) is 2.14. The number of hydrogen-bond donors (Lipinski definition) is 1. The molecule has 1 heterocycles. The van der Waals surface area contributed by atoms with E-state index in [0.717, 1.165) is 5.56 Å². The van der Waals surface area contributed by atoms with E-state index >= 15 is 0 Å². The van der Waals surface area contributed by atoms with Crippen LogP contribution >= 0.6 is 11.6 Å². The molecule has 0 spiro atoms. The molecule has 0 fully saturated rings. The smallest absolute Gasteiger partial charge is 0.420 e. The average molecular weight is 304 g/mol. The van der Waals surface area contributed by atoms with E-state index in [1.807, 2.05) is 6.07 Å². The monoisotopic (exact) mass is 303 g/mol. The van der Waals surface area contributed by atoms with Crippen LogP contribution in [0.3, 0.4) is 0 Å². The van der Waals surface area contributed by atoms with Crippen molar-refractivity contribution in [3.05, 3.63) is 69.2 Å². The van der Waals surface area contributed by atoms with E-state index in [-0.39, 0.29) is 12.1 Å². The predicted molar refractivity (Wildman–Crippen MR) is 78.0 cm³/mol. The van der Waals surface area contributed by atoms with Crippen LogP contribution in [0, 0.1) is 0 Å². The van der Waals surface area contributed by atoms with E-state index in [2.05, 4.69) is 0 Å². The molecule has 5 nitrogen and oxygen atoms in total. The quantitative estimate of drug-likeness (QED) is 0.807. The normalized spacial score (nSPS) is 10.9. The Kier molecular flexibility index (Phi) is 3.27. The Hall–Kier alpha value is -2.53. The standard InChI is InChI=1S/C15H10ClNO4/c16-11-4-2-1-3-10(11)8-17-12-7-9(14(18)19)5-6-13(12)21-15(17)20/h1-7H,8H2,(H,18,19). The lowest BCUT2D eigenvalue weighted by Crippen LogP contribution is -2.15. The van der Waals surface area contributed by atoms with Crippen molar-refractivity contribution in [2.24, 2.45) is 0 Å². The Labute approximate surface area is 124 Å². The molecule has 3 rings (SSSR count). The minimum absolute atomic E-state index is 0.0937. The molecule has 2 aromatic carbocycles. The zero-order chi connectivity index (χ0) is 15.0. The maximum atomic E-state index is 11.9. The minimum Gasteiger partial charge on any atom is -0.478 e. The van der Waals surface area contributed by atoms with Gasteiger partial charge in [-0.05, 0) is 29.8 Å². The van der Waals surface area contributed by atoms with Crippen LogP contribution in [0.4, 0.5) is 0 Å². The lowest BCUT2D eigenvalue weighted by molar-refractivity contribution is 0.0697. The van der Waals surface area contributed by atoms with Gasteiger partial charge in [0.25, 0.3) is 0 Å². The fourth-order valence-corrected chi connectivity index (χ4v) is 2.34. The largest absolute Gasteiger partial charge is 0.478 e. The molecule has 3 aromatic rings. The van der Waals surface area contributed by atoms with Crippen LogP contribution in [0.15, 0.2) is 51.7 Å². The predicted octanol–water partition coefficient (Wildman–Crippen LogP) is 2.99. The summed E-state index contributed by atoms with van der Waals surface area (Å²) in [5.41, 5.74) is 1.62. The first kappa shape index (κ1) is 13.5. The van der Waals surface area contributed by atoms with Crippen LogP contribution in [0.5, 0.6) is 0 Å².